The molecule has 2 N–H and O–H groups in total. The predicted molar refractivity (Wildman–Crippen MR) is 68.8 cm³/mol. The summed E-state index contributed by atoms with van der Waals surface area (Å²) in [6.07, 6.45) is 4.64. The smallest absolute Gasteiger partial charge is 0.356 e. The lowest BCUT2D eigenvalue weighted by Gasteiger charge is -2.06. The molecule has 0 radical (unpaired) electrons. The number of carboxylic acid groups (broad SMARTS) is 1. The van der Waals surface area contributed by atoms with Gasteiger partial charge in [-0.1, -0.05) is 37.8 Å². The summed E-state index contributed by atoms with van der Waals surface area (Å²) in [6.45, 7) is 2.96. The number of unbranched alkanes of at least 4 members (excludes halogenated alkanes) is 3. The number of halogens is 1. The SMILES string of the molecule is CCCCCCNc1ccc(Cl)c(C(=O)O)n1. The van der Waals surface area contributed by atoms with Crippen LogP contribution in [-0.2, 0) is 0 Å². The van der Waals surface area contributed by atoms with Crippen LogP contribution in [0.1, 0.15) is 43.1 Å². The van der Waals surface area contributed by atoms with Gasteiger partial charge in [-0.3, -0.25) is 0 Å². The fourth-order valence-electron chi connectivity index (χ4n) is 1.46. The van der Waals surface area contributed by atoms with Gasteiger partial charge in [0.2, 0.25) is 0 Å². The van der Waals surface area contributed by atoms with Crippen LogP contribution in [0.5, 0.6) is 0 Å². The number of pyridine rings is 1. The van der Waals surface area contributed by atoms with Crippen LogP contribution in [-0.4, -0.2) is 22.6 Å². The van der Waals surface area contributed by atoms with Crippen LogP contribution in [0.3, 0.4) is 0 Å². The second kappa shape index (κ2) is 7.12. The first-order valence-electron chi connectivity index (χ1n) is 5.79. The van der Waals surface area contributed by atoms with Crippen molar-refractivity contribution in [1.29, 1.82) is 0 Å². The van der Waals surface area contributed by atoms with Gasteiger partial charge in [-0.05, 0) is 18.6 Å². The number of carbonyl (C=O) groups is 1. The molecule has 4 nitrogen and oxygen atoms in total. The highest BCUT2D eigenvalue weighted by atomic mass is 35.5. The molecule has 0 aliphatic carbocycles. The first-order chi connectivity index (χ1) is 8.15. The Morgan fingerprint density at radius 1 is 1.41 bits per heavy atom. The largest absolute Gasteiger partial charge is 0.476 e. The Hall–Kier alpha value is -1.29. The van der Waals surface area contributed by atoms with Gasteiger partial charge < -0.3 is 10.4 Å². The molecule has 0 saturated carbocycles. The monoisotopic (exact) mass is 256 g/mol. The average Bonchev–Trinajstić information content (AvgIpc) is 2.30. The molecule has 0 spiro atoms. The maximum atomic E-state index is 10.8. The third-order valence-electron chi connectivity index (χ3n) is 2.39. The molecule has 94 valence electrons. The van der Waals surface area contributed by atoms with Crippen LogP contribution in [0.15, 0.2) is 12.1 Å². The first kappa shape index (κ1) is 13.8. The molecule has 0 aliphatic rings. The van der Waals surface area contributed by atoms with E-state index in [-0.39, 0.29) is 10.7 Å². The molecule has 0 aromatic carbocycles. The van der Waals surface area contributed by atoms with Crippen molar-refractivity contribution in [3.8, 4) is 0 Å². The number of rotatable bonds is 7. The predicted octanol–water partition coefficient (Wildman–Crippen LogP) is 3.43. The number of anilines is 1. The van der Waals surface area contributed by atoms with Gasteiger partial charge in [0.25, 0.3) is 0 Å². The molecule has 1 aromatic heterocycles. The number of nitrogens with zero attached hydrogens (tertiary/aromatic N) is 1. The lowest BCUT2D eigenvalue weighted by Crippen LogP contribution is -2.07. The minimum Gasteiger partial charge on any atom is -0.476 e. The van der Waals surface area contributed by atoms with Crippen molar-refractivity contribution in [2.24, 2.45) is 0 Å². The van der Waals surface area contributed by atoms with Gasteiger partial charge in [0, 0.05) is 6.54 Å². The summed E-state index contributed by atoms with van der Waals surface area (Å²) < 4.78 is 0. The summed E-state index contributed by atoms with van der Waals surface area (Å²) in [7, 11) is 0. The van der Waals surface area contributed by atoms with Crippen molar-refractivity contribution in [2.75, 3.05) is 11.9 Å². The third kappa shape index (κ3) is 4.61. The van der Waals surface area contributed by atoms with E-state index in [4.69, 9.17) is 16.7 Å². The van der Waals surface area contributed by atoms with Gasteiger partial charge in [0.1, 0.15) is 5.82 Å². The van der Waals surface area contributed by atoms with Crippen LogP contribution < -0.4 is 5.32 Å². The second-order valence-electron chi connectivity index (χ2n) is 3.82. The minimum absolute atomic E-state index is 0.106. The average molecular weight is 257 g/mol. The first-order valence-corrected chi connectivity index (χ1v) is 6.16. The Labute approximate surface area is 106 Å². The summed E-state index contributed by atoms with van der Waals surface area (Å²) in [5.74, 6) is -0.548. The Morgan fingerprint density at radius 3 is 2.82 bits per heavy atom. The highest BCUT2D eigenvalue weighted by Crippen LogP contribution is 2.16. The Balaban J connectivity index is 2.49. The van der Waals surface area contributed by atoms with Crippen molar-refractivity contribution < 1.29 is 9.90 Å². The summed E-state index contributed by atoms with van der Waals surface area (Å²) >= 11 is 5.72. The maximum absolute atomic E-state index is 10.8. The lowest BCUT2D eigenvalue weighted by molar-refractivity contribution is 0.0691. The van der Waals surface area contributed by atoms with Gasteiger partial charge >= 0.3 is 5.97 Å². The maximum Gasteiger partial charge on any atom is 0.356 e. The van der Waals surface area contributed by atoms with E-state index in [2.05, 4.69) is 17.2 Å². The molecule has 0 fully saturated rings. The molecule has 17 heavy (non-hydrogen) atoms. The molecule has 0 unspecified atom stereocenters. The standard InChI is InChI=1S/C12H17ClN2O2/c1-2-3-4-5-8-14-10-7-6-9(13)11(15-10)12(16)17/h6-7H,2-5,8H2,1H3,(H,14,15)(H,16,17). The molecule has 0 aliphatic heterocycles. The molecular weight excluding hydrogens is 240 g/mol. The van der Waals surface area contributed by atoms with E-state index >= 15 is 0 Å². The highest BCUT2D eigenvalue weighted by molar-refractivity contribution is 6.33. The zero-order chi connectivity index (χ0) is 12.7. The van der Waals surface area contributed by atoms with Crippen LogP contribution in [0.4, 0.5) is 5.82 Å². The molecule has 0 atom stereocenters. The molecule has 0 amide bonds. The summed E-state index contributed by atoms with van der Waals surface area (Å²) in [4.78, 5) is 14.8. The third-order valence-corrected chi connectivity index (χ3v) is 2.69. The number of hydrogen-bond acceptors (Lipinski definition) is 3. The van der Waals surface area contributed by atoms with Gasteiger partial charge in [0.05, 0.1) is 5.02 Å². The van der Waals surface area contributed by atoms with Crippen molar-refractivity contribution >= 4 is 23.4 Å². The Kier molecular flexibility index (Phi) is 5.77. The van der Waals surface area contributed by atoms with Gasteiger partial charge in [0.15, 0.2) is 5.69 Å². The van der Waals surface area contributed by atoms with E-state index in [1.54, 1.807) is 12.1 Å². The van der Waals surface area contributed by atoms with Crippen molar-refractivity contribution in [3.05, 3.63) is 22.8 Å². The zero-order valence-corrected chi connectivity index (χ0v) is 10.6. The molecule has 1 heterocycles. The van der Waals surface area contributed by atoms with Crippen LogP contribution in [0, 0.1) is 0 Å². The second-order valence-corrected chi connectivity index (χ2v) is 4.23. The minimum atomic E-state index is -1.11. The molecule has 1 rings (SSSR count). The fourth-order valence-corrected chi connectivity index (χ4v) is 1.64. The van der Waals surface area contributed by atoms with E-state index in [0.29, 0.717) is 5.82 Å². The highest BCUT2D eigenvalue weighted by Gasteiger charge is 2.10. The van der Waals surface area contributed by atoms with Crippen molar-refractivity contribution in [2.45, 2.75) is 32.6 Å². The van der Waals surface area contributed by atoms with Crippen LogP contribution >= 0.6 is 11.6 Å². The quantitative estimate of drug-likeness (QED) is 0.734. The van der Waals surface area contributed by atoms with Crippen molar-refractivity contribution in [3.63, 3.8) is 0 Å². The lowest BCUT2D eigenvalue weighted by atomic mass is 10.2. The van der Waals surface area contributed by atoms with E-state index in [1.807, 2.05) is 0 Å². The van der Waals surface area contributed by atoms with Crippen LogP contribution in [0.25, 0.3) is 0 Å². The molecule has 0 bridgehead atoms. The van der Waals surface area contributed by atoms with E-state index in [0.717, 1.165) is 13.0 Å². The summed E-state index contributed by atoms with van der Waals surface area (Å²) in [5.41, 5.74) is -0.106. The normalized spacial score (nSPS) is 10.2. The molecule has 5 heteroatoms. The number of aromatic nitrogens is 1. The number of aromatic carboxylic acids is 1. The fraction of sp³-hybridized carbons (Fsp3) is 0.500. The topological polar surface area (TPSA) is 62.2 Å². The number of carboxylic acids is 1. The van der Waals surface area contributed by atoms with Crippen molar-refractivity contribution in [1.82, 2.24) is 4.98 Å². The van der Waals surface area contributed by atoms with Gasteiger partial charge in [-0.2, -0.15) is 0 Å². The van der Waals surface area contributed by atoms with E-state index in [1.165, 1.54) is 19.3 Å². The molecule has 1 aromatic rings. The summed E-state index contributed by atoms with van der Waals surface area (Å²) in [6, 6.07) is 3.24. The summed E-state index contributed by atoms with van der Waals surface area (Å²) in [5, 5.41) is 12.1. The Bertz CT molecular complexity index is 383. The van der Waals surface area contributed by atoms with Gasteiger partial charge in [-0.25, -0.2) is 9.78 Å². The molecule has 0 saturated heterocycles. The van der Waals surface area contributed by atoms with E-state index < -0.39 is 5.97 Å². The number of hydrogen-bond donors (Lipinski definition) is 2. The van der Waals surface area contributed by atoms with Crippen LogP contribution in [0.2, 0.25) is 5.02 Å². The van der Waals surface area contributed by atoms with E-state index in [9.17, 15) is 4.79 Å². The Morgan fingerprint density at radius 2 is 2.18 bits per heavy atom. The number of nitrogens with one attached hydrogen (secondary N) is 1. The van der Waals surface area contributed by atoms with Gasteiger partial charge in [-0.15, -0.1) is 0 Å². The molecular formula is C12H17ClN2O2. The zero-order valence-electron chi connectivity index (χ0n) is 9.87.